The van der Waals surface area contributed by atoms with Crippen LogP contribution in [0.5, 0.6) is 0 Å². The predicted octanol–water partition coefficient (Wildman–Crippen LogP) is 3.01. The second-order valence-corrected chi connectivity index (χ2v) is 5.22. The van der Waals surface area contributed by atoms with Crippen molar-refractivity contribution in [1.29, 1.82) is 0 Å². The van der Waals surface area contributed by atoms with Crippen LogP contribution in [-0.2, 0) is 4.79 Å². The Bertz CT molecular complexity index is 1170. The summed E-state index contributed by atoms with van der Waals surface area (Å²) in [6.07, 6.45) is 2.92. The highest BCUT2D eigenvalue weighted by atomic mass is 16.4. The van der Waals surface area contributed by atoms with Crippen molar-refractivity contribution in [3.05, 3.63) is 71.3 Å². The molecule has 0 aliphatic carbocycles. The van der Waals surface area contributed by atoms with E-state index in [9.17, 15) is 9.59 Å². The molecule has 0 N–H and O–H groups in total. The number of hydrogen-bond acceptors (Lipinski definition) is 6. The van der Waals surface area contributed by atoms with Crippen LogP contribution < -0.4 is 5.63 Å². The van der Waals surface area contributed by atoms with Gasteiger partial charge in [-0.15, -0.1) is 5.10 Å². The monoisotopic (exact) mass is 330 g/mol. The fraction of sp³-hybridized carbons (Fsp3) is 0. The van der Waals surface area contributed by atoms with Gasteiger partial charge in [0, 0.05) is 17.0 Å². The molecule has 120 valence electrons. The summed E-state index contributed by atoms with van der Waals surface area (Å²) in [7, 11) is 0. The molecule has 0 saturated heterocycles. The van der Waals surface area contributed by atoms with Gasteiger partial charge in [0.25, 0.3) is 0 Å². The van der Waals surface area contributed by atoms with E-state index in [2.05, 4.69) is 15.1 Å². The number of rotatable bonds is 3. The van der Waals surface area contributed by atoms with Gasteiger partial charge in [-0.2, -0.15) is 4.99 Å². The van der Waals surface area contributed by atoms with Crippen LogP contribution >= 0.6 is 0 Å². The maximum absolute atomic E-state index is 12.3. The van der Waals surface area contributed by atoms with E-state index >= 15 is 0 Å². The van der Waals surface area contributed by atoms with Gasteiger partial charge in [-0.25, -0.2) is 19.3 Å². The summed E-state index contributed by atoms with van der Waals surface area (Å²) in [5.41, 5.74) is 1.22. The number of isocyanates is 1. The Morgan fingerprint density at radius 1 is 1.08 bits per heavy atom. The van der Waals surface area contributed by atoms with Crippen molar-refractivity contribution in [2.75, 3.05) is 0 Å². The van der Waals surface area contributed by atoms with E-state index in [-0.39, 0.29) is 5.69 Å². The number of carbonyl (C=O) groups excluding carboxylic acids is 1. The minimum absolute atomic E-state index is 0.244. The summed E-state index contributed by atoms with van der Waals surface area (Å²) >= 11 is 0. The summed E-state index contributed by atoms with van der Waals surface area (Å²) in [4.78, 5) is 30.4. The van der Waals surface area contributed by atoms with Crippen LogP contribution in [0.1, 0.15) is 0 Å². The molecule has 2 aromatic heterocycles. The highest BCUT2D eigenvalue weighted by Gasteiger charge is 2.11. The van der Waals surface area contributed by atoms with Gasteiger partial charge in [-0.1, -0.05) is 30.3 Å². The molecular weight excluding hydrogens is 320 g/mol. The van der Waals surface area contributed by atoms with Crippen LogP contribution in [0.4, 0.5) is 5.69 Å². The van der Waals surface area contributed by atoms with Gasteiger partial charge < -0.3 is 4.42 Å². The van der Waals surface area contributed by atoms with Gasteiger partial charge in [0.15, 0.2) is 11.5 Å². The van der Waals surface area contributed by atoms with Crippen molar-refractivity contribution in [3.63, 3.8) is 0 Å². The molecule has 0 unspecified atom stereocenters. The van der Waals surface area contributed by atoms with Crippen LogP contribution in [0.15, 0.2) is 75.1 Å². The van der Waals surface area contributed by atoms with E-state index in [1.165, 1.54) is 23.2 Å². The van der Waals surface area contributed by atoms with Crippen molar-refractivity contribution in [3.8, 4) is 17.1 Å². The number of nitrogens with zero attached hydrogens (tertiary/aromatic N) is 4. The molecule has 0 spiro atoms. The molecule has 0 fully saturated rings. The smallest absolute Gasteiger partial charge is 0.362 e. The first-order valence-electron chi connectivity index (χ1n) is 7.38. The van der Waals surface area contributed by atoms with Gasteiger partial charge in [-0.05, 0) is 18.2 Å². The Hall–Kier alpha value is -3.83. The lowest BCUT2D eigenvalue weighted by molar-refractivity contribution is 0.552. The molecule has 25 heavy (non-hydrogen) atoms. The maximum Gasteiger partial charge on any atom is 0.362 e. The van der Waals surface area contributed by atoms with Gasteiger partial charge in [-0.3, -0.25) is 0 Å². The molecule has 0 aliphatic heterocycles. The third-order valence-electron chi connectivity index (χ3n) is 3.65. The maximum atomic E-state index is 12.3. The van der Waals surface area contributed by atoms with Crippen LogP contribution in [0.3, 0.4) is 0 Å². The lowest BCUT2D eigenvalue weighted by atomic mass is 10.2. The molecule has 0 bridgehead atoms. The van der Waals surface area contributed by atoms with E-state index in [1.807, 2.05) is 30.3 Å². The van der Waals surface area contributed by atoms with E-state index < -0.39 is 5.63 Å². The molecule has 0 aliphatic rings. The highest BCUT2D eigenvalue weighted by Crippen LogP contribution is 2.22. The van der Waals surface area contributed by atoms with Crippen LogP contribution in [0.2, 0.25) is 0 Å². The molecule has 2 heterocycles. The van der Waals surface area contributed by atoms with Crippen molar-refractivity contribution in [1.82, 2.24) is 14.8 Å². The van der Waals surface area contributed by atoms with Crippen molar-refractivity contribution in [2.24, 2.45) is 4.99 Å². The standard InChI is InChI=1S/C18H10N4O3/c23-11-20-14-7-6-13-8-15(18(24)25-16(13)9-14)22-10-19-17(21-22)12-4-2-1-3-5-12/h1-10H. The zero-order valence-corrected chi connectivity index (χ0v) is 12.8. The molecule has 4 aromatic rings. The molecule has 7 nitrogen and oxygen atoms in total. The Kier molecular flexibility index (Phi) is 3.53. The summed E-state index contributed by atoms with van der Waals surface area (Å²) in [5, 5.41) is 5.02. The fourth-order valence-electron chi connectivity index (χ4n) is 2.47. The Labute approximate surface area is 140 Å². The topological polar surface area (TPSA) is 90.4 Å². The van der Waals surface area contributed by atoms with E-state index in [4.69, 9.17) is 4.42 Å². The van der Waals surface area contributed by atoms with E-state index in [0.29, 0.717) is 22.5 Å². The molecule has 7 heteroatoms. The number of aliphatic imine (C=N–C) groups is 1. The largest absolute Gasteiger partial charge is 0.421 e. The van der Waals surface area contributed by atoms with Crippen LogP contribution in [0, 0.1) is 0 Å². The van der Waals surface area contributed by atoms with Crippen molar-refractivity contribution in [2.45, 2.75) is 0 Å². The Morgan fingerprint density at radius 2 is 1.92 bits per heavy atom. The Balaban J connectivity index is 1.81. The molecule has 0 saturated carbocycles. The second kappa shape index (κ2) is 5.99. The van der Waals surface area contributed by atoms with Crippen LogP contribution in [-0.4, -0.2) is 20.8 Å². The summed E-state index contributed by atoms with van der Waals surface area (Å²) in [6, 6.07) is 15.9. The minimum Gasteiger partial charge on any atom is -0.421 e. The summed E-state index contributed by atoms with van der Waals surface area (Å²) in [6.45, 7) is 0. The minimum atomic E-state index is -0.566. The zero-order valence-electron chi connectivity index (χ0n) is 12.8. The summed E-state index contributed by atoms with van der Waals surface area (Å²) in [5.74, 6) is 0.510. The van der Waals surface area contributed by atoms with E-state index in [1.54, 1.807) is 18.2 Å². The first-order valence-corrected chi connectivity index (χ1v) is 7.38. The average Bonchev–Trinajstić information content (AvgIpc) is 3.12. The average molecular weight is 330 g/mol. The van der Waals surface area contributed by atoms with Gasteiger partial charge in [0.05, 0.1) is 5.69 Å². The highest BCUT2D eigenvalue weighted by molar-refractivity contribution is 5.81. The second-order valence-electron chi connectivity index (χ2n) is 5.22. The van der Waals surface area contributed by atoms with Crippen LogP contribution in [0.25, 0.3) is 28.0 Å². The zero-order chi connectivity index (χ0) is 17.2. The Morgan fingerprint density at radius 3 is 2.72 bits per heavy atom. The normalized spacial score (nSPS) is 10.6. The quantitative estimate of drug-likeness (QED) is 0.327. The molecular formula is C18H10N4O3. The fourth-order valence-corrected chi connectivity index (χ4v) is 2.47. The number of fused-ring (bicyclic) bond motifs is 1. The molecule has 4 rings (SSSR count). The third kappa shape index (κ3) is 2.75. The first kappa shape index (κ1) is 14.7. The lowest BCUT2D eigenvalue weighted by Crippen LogP contribution is -2.10. The summed E-state index contributed by atoms with van der Waals surface area (Å²) < 4.78 is 6.70. The number of aromatic nitrogens is 3. The molecule has 2 aromatic carbocycles. The predicted molar refractivity (Wildman–Crippen MR) is 90.6 cm³/mol. The third-order valence-corrected chi connectivity index (χ3v) is 3.65. The van der Waals surface area contributed by atoms with Gasteiger partial charge in [0.2, 0.25) is 6.08 Å². The van der Waals surface area contributed by atoms with Crippen molar-refractivity contribution < 1.29 is 9.21 Å². The molecule has 0 atom stereocenters. The van der Waals surface area contributed by atoms with E-state index in [0.717, 1.165) is 5.56 Å². The first-order chi connectivity index (χ1) is 12.2. The van der Waals surface area contributed by atoms with Gasteiger partial charge >= 0.3 is 5.63 Å². The van der Waals surface area contributed by atoms with Gasteiger partial charge in [0.1, 0.15) is 11.9 Å². The molecule has 0 radical (unpaired) electrons. The van der Waals surface area contributed by atoms with Crippen molar-refractivity contribution >= 4 is 22.7 Å². The number of benzene rings is 2. The molecule has 0 amide bonds. The lowest BCUT2D eigenvalue weighted by Gasteiger charge is -2.02. The number of hydrogen-bond donors (Lipinski definition) is 0. The SMILES string of the molecule is O=C=Nc1ccc2cc(-n3cnc(-c4ccccc4)n3)c(=O)oc2c1.